The van der Waals surface area contributed by atoms with Crippen molar-refractivity contribution in [3.63, 3.8) is 0 Å². The van der Waals surface area contributed by atoms with Crippen LogP contribution in [-0.4, -0.2) is 26.2 Å². The number of carbonyl (C=O) groups excluding carboxylic acids is 1. The van der Waals surface area contributed by atoms with Crippen LogP contribution in [0.2, 0.25) is 0 Å². The molecule has 2 saturated carbocycles. The Labute approximate surface area is 136 Å². The molecule has 0 aromatic rings. The third kappa shape index (κ3) is 3.01. The highest BCUT2D eigenvalue weighted by molar-refractivity contribution is 14.1. The first kappa shape index (κ1) is 16.5. The van der Waals surface area contributed by atoms with Crippen LogP contribution in [0.1, 0.15) is 65.7 Å². The van der Waals surface area contributed by atoms with E-state index in [1.165, 1.54) is 6.42 Å². The fourth-order valence-corrected chi connectivity index (χ4v) is 4.39. The summed E-state index contributed by atoms with van der Waals surface area (Å²) in [6.07, 6.45) is 6.58. The monoisotopic (exact) mass is 394 g/mol. The normalized spacial score (nSPS) is 42.0. The SMILES string of the molecule is CCC(I)C(=O)OC1(C)CC2CCCC(C1)C2(O)CC. The molecule has 116 valence electrons. The quantitative estimate of drug-likeness (QED) is 0.448. The molecule has 4 heteroatoms. The Hall–Kier alpha value is 0.160. The number of halogens is 1. The van der Waals surface area contributed by atoms with Crippen molar-refractivity contribution < 1.29 is 14.6 Å². The molecule has 0 heterocycles. The summed E-state index contributed by atoms with van der Waals surface area (Å²) in [6.45, 7) is 6.15. The predicted molar refractivity (Wildman–Crippen MR) is 87.9 cm³/mol. The number of alkyl halides is 1. The first-order valence-corrected chi connectivity index (χ1v) is 9.18. The molecule has 1 N–H and O–H groups in total. The third-order valence-electron chi connectivity index (χ3n) is 5.40. The maximum Gasteiger partial charge on any atom is 0.319 e. The summed E-state index contributed by atoms with van der Waals surface area (Å²) in [7, 11) is 0. The van der Waals surface area contributed by atoms with E-state index >= 15 is 0 Å². The summed E-state index contributed by atoms with van der Waals surface area (Å²) in [4.78, 5) is 12.1. The van der Waals surface area contributed by atoms with E-state index in [4.69, 9.17) is 4.74 Å². The van der Waals surface area contributed by atoms with E-state index in [1.54, 1.807) is 0 Å². The number of esters is 1. The average Bonchev–Trinajstić information content (AvgIpc) is 2.39. The molecule has 3 nitrogen and oxygen atoms in total. The van der Waals surface area contributed by atoms with Gasteiger partial charge in [-0.2, -0.15) is 0 Å². The lowest BCUT2D eigenvalue weighted by Crippen LogP contribution is -2.57. The zero-order chi connectivity index (χ0) is 15.0. The largest absolute Gasteiger partial charge is 0.459 e. The van der Waals surface area contributed by atoms with Gasteiger partial charge in [-0.15, -0.1) is 0 Å². The highest BCUT2D eigenvalue weighted by Crippen LogP contribution is 2.53. The second-order valence-corrected chi connectivity index (χ2v) is 8.33. The van der Waals surface area contributed by atoms with Crippen LogP contribution in [-0.2, 0) is 9.53 Å². The summed E-state index contributed by atoms with van der Waals surface area (Å²) >= 11 is 2.16. The van der Waals surface area contributed by atoms with Crippen LogP contribution < -0.4 is 0 Å². The zero-order valence-corrected chi connectivity index (χ0v) is 15.0. The minimum Gasteiger partial charge on any atom is -0.459 e. The lowest BCUT2D eigenvalue weighted by Gasteiger charge is -2.54. The Balaban J connectivity index is 2.11. The van der Waals surface area contributed by atoms with Gasteiger partial charge in [0.2, 0.25) is 0 Å². The second-order valence-electron chi connectivity index (χ2n) is 6.82. The molecule has 3 atom stereocenters. The standard InChI is InChI=1S/C16H27IO3/c1-4-13(17)14(18)20-15(3)9-11-7-6-8-12(10-15)16(11,19)5-2/h11-13,19H,4-10H2,1-3H3. The van der Waals surface area contributed by atoms with Gasteiger partial charge in [-0.3, -0.25) is 4.79 Å². The molecule has 0 aliphatic heterocycles. The van der Waals surface area contributed by atoms with Gasteiger partial charge in [0.05, 0.1) is 5.60 Å². The second kappa shape index (κ2) is 6.11. The summed E-state index contributed by atoms with van der Waals surface area (Å²) in [5, 5.41) is 10.9. The highest BCUT2D eigenvalue weighted by atomic mass is 127. The molecule has 3 unspecified atom stereocenters. The van der Waals surface area contributed by atoms with Gasteiger partial charge in [0.25, 0.3) is 0 Å². The van der Waals surface area contributed by atoms with Gasteiger partial charge in [0, 0.05) is 0 Å². The van der Waals surface area contributed by atoms with Crippen LogP contribution >= 0.6 is 22.6 Å². The summed E-state index contributed by atoms with van der Waals surface area (Å²) < 4.78 is 5.79. The molecule has 0 radical (unpaired) electrons. The van der Waals surface area contributed by atoms with Crippen molar-refractivity contribution >= 4 is 28.6 Å². The van der Waals surface area contributed by atoms with Crippen molar-refractivity contribution in [1.82, 2.24) is 0 Å². The molecule has 20 heavy (non-hydrogen) atoms. The third-order valence-corrected chi connectivity index (χ3v) is 6.79. The fraction of sp³-hybridized carbons (Fsp3) is 0.938. The van der Waals surface area contributed by atoms with Crippen molar-refractivity contribution in [3.8, 4) is 0 Å². The number of fused-ring (bicyclic) bond motifs is 2. The predicted octanol–water partition coefficient (Wildman–Crippen LogP) is 3.85. The number of aliphatic hydroxyl groups is 1. The molecule has 0 aromatic heterocycles. The molecule has 2 bridgehead atoms. The van der Waals surface area contributed by atoms with Gasteiger partial charge >= 0.3 is 5.97 Å². The van der Waals surface area contributed by atoms with E-state index in [0.29, 0.717) is 0 Å². The molecule has 2 aliphatic rings. The van der Waals surface area contributed by atoms with E-state index in [0.717, 1.165) is 38.5 Å². The number of hydrogen-bond acceptors (Lipinski definition) is 3. The van der Waals surface area contributed by atoms with Gasteiger partial charge in [-0.25, -0.2) is 0 Å². The topological polar surface area (TPSA) is 46.5 Å². The maximum atomic E-state index is 12.1. The number of carbonyl (C=O) groups is 1. The molecule has 2 fully saturated rings. The van der Waals surface area contributed by atoms with Crippen molar-refractivity contribution in [3.05, 3.63) is 0 Å². The lowest BCUT2D eigenvalue weighted by atomic mass is 9.56. The van der Waals surface area contributed by atoms with Crippen LogP contribution in [0, 0.1) is 11.8 Å². The summed E-state index contributed by atoms with van der Waals surface area (Å²) in [5.41, 5.74) is -0.911. The van der Waals surface area contributed by atoms with E-state index < -0.39 is 5.60 Å². The van der Waals surface area contributed by atoms with Crippen LogP contribution in [0.4, 0.5) is 0 Å². The van der Waals surface area contributed by atoms with Gasteiger partial charge in [-0.1, -0.05) is 42.9 Å². The Morgan fingerprint density at radius 2 is 1.90 bits per heavy atom. The van der Waals surface area contributed by atoms with Crippen molar-refractivity contribution in [2.24, 2.45) is 11.8 Å². The van der Waals surface area contributed by atoms with Crippen LogP contribution in [0.5, 0.6) is 0 Å². The molecule has 2 rings (SSSR count). The van der Waals surface area contributed by atoms with Crippen LogP contribution in [0.3, 0.4) is 0 Å². The highest BCUT2D eigenvalue weighted by Gasteiger charge is 2.54. The summed E-state index contributed by atoms with van der Waals surface area (Å²) in [5.74, 6) is 0.481. The van der Waals surface area contributed by atoms with E-state index in [1.807, 2.05) is 6.92 Å². The maximum absolute atomic E-state index is 12.1. The Morgan fingerprint density at radius 3 is 2.35 bits per heavy atom. The molecule has 2 aliphatic carbocycles. The Bertz CT molecular complexity index is 355. The van der Waals surface area contributed by atoms with E-state index in [-0.39, 0.29) is 27.3 Å². The van der Waals surface area contributed by atoms with Crippen molar-refractivity contribution in [2.75, 3.05) is 0 Å². The zero-order valence-electron chi connectivity index (χ0n) is 12.8. The smallest absolute Gasteiger partial charge is 0.319 e. The summed E-state index contributed by atoms with van der Waals surface area (Å²) in [6, 6.07) is 0. The van der Waals surface area contributed by atoms with Gasteiger partial charge in [0.15, 0.2) is 0 Å². The molecule has 0 amide bonds. The van der Waals surface area contributed by atoms with E-state index in [2.05, 4.69) is 36.4 Å². The molecule has 0 aromatic carbocycles. The van der Waals surface area contributed by atoms with E-state index in [9.17, 15) is 9.90 Å². The van der Waals surface area contributed by atoms with Gasteiger partial charge in [-0.05, 0) is 57.3 Å². The molecular formula is C16H27IO3. The lowest BCUT2D eigenvalue weighted by molar-refractivity contribution is -0.197. The van der Waals surface area contributed by atoms with Crippen LogP contribution in [0.25, 0.3) is 0 Å². The molecule has 0 spiro atoms. The van der Waals surface area contributed by atoms with Crippen molar-refractivity contribution in [1.29, 1.82) is 0 Å². The minimum atomic E-state index is -0.529. The molecule has 0 saturated heterocycles. The van der Waals surface area contributed by atoms with Crippen molar-refractivity contribution in [2.45, 2.75) is 80.8 Å². The van der Waals surface area contributed by atoms with Crippen LogP contribution in [0.15, 0.2) is 0 Å². The molecular weight excluding hydrogens is 367 g/mol. The first-order chi connectivity index (χ1) is 9.34. The Kier molecular flexibility index (Phi) is 5.05. The number of rotatable bonds is 4. The Morgan fingerprint density at radius 1 is 1.35 bits per heavy atom. The minimum absolute atomic E-state index is 0.0590. The van der Waals surface area contributed by atoms with Gasteiger partial charge in [0.1, 0.15) is 9.53 Å². The average molecular weight is 394 g/mol. The fourth-order valence-electron chi connectivity index (χ4n) is 4.26. The van der Waals surface area contributed by atoms with Gasteiger partial charge < -0.3 is 9.84 Å². The number of hydrogen-bond donors (Lipinski definition) is 1. The number of ether oxygens (including phenoxy) is 1. The first-order valence-electron chi connectivity index (χ1n) is 7.94.